The molecule has 2 heterocycles. The smallest absolute Gasteiger partial charge is 0.219 e. The van der Waals surface area contributed by atoms with Gasteiger partial charge in [-0.25, -0.2) is 4.68 Å². The van der Waals surface area contributed by atoms with Crippen LogP contribution in [0.5, 0.6) is 0 Å². The standard InChI is InChI=1S/C29H39N6/c1-18(2)22-12-10-13-23(19(3)4)28(22)34-16-26(30-31-34)27-17-35(32-33(27)9)29-24(20(5)6)14-11-15-25(29)21(7)8/h10-21H,1-9H3/q+1. The minimum absolute atomic E-state index is 0.386. The number of para-hydroxylation sites is 2. The summed E-state index contributed by atoms with van der Waals surface area (Å²) in [5, 5.41) is 14.0. The number of aromatic nitrogens is 6. The molecule has 0 unspecified atom stereocenters. The predicted octanol–water partition coefficient (Wildman–Crippen LogP) is 6.44. The quantitative estimate of drug-likeness (QED) is 0.292. The lowest BCUT2D eigenvalue weighted by Crippen LogP contribution is -2.36. The Balaban J connectivity index is 1.84. The van der Waals surface area contributed by atoms with E-state index in [2.05, 4.69) is 108 Å². The third kappa shape index (κ3) is 4.66. The van der Waals surface area contributed by atoms with Gasteiger partial charge in [-0.2, -0.15) is 0 Å². The Labute approximate surface area is 209 Å². The third-order valence-electron chi connectivity index (χ3n) is 6.72. The van der Waals surface area contributed by atoms with Crippen molar-refractivity contribution in [3.63, 3.8) is 0 Å². The van der Waals surface area contributed by atoms with Gasteiger partial charge in [-0.05, 0) is 34.8 Å². The summed E-state index contributed by atoms with van der Waals surface area (Å²) in [6, 6.07) is 13.1. The van der Waals surface area contributed by atoms with Crippen molar-refractivity contribution >= 4 is 0 Å². The molecule has 0 bridgehead atoms. The highest BCUT2D eigenvalue weighted by Gasteiger charge is 2.26. The first-order valence-corrected chi connectivity index (χ1v) is 12.7. The molecule has 0 fully saturated rings. The highest BCUT2D eigenvalue weighted by Crippen LogP contribution is 2.32. The number of nitrogens with zero attached hydrogens (tertiary/aromatic N) is 6. The number of hydrogen-bond acceptors (Lipinski definition) is 3. The summed E-state index contributed by atoms with van der Waals surface area (Å²) in [7, 11) is 1.97. The number of hydrogen-bond donors (Lipinski definition) is 0. The van der Waals surface area contributed by atoms with Crippen LogP contribution in [0, 0.1) is 0 Å². The predicted molar refractivity (Wildman–Crippen MR) is 141 cm³/mol. The molecule has 0 radical (unpaired) electrons. The molecule has 0 atom stereocenters. The summed E-state index contributed by atoms with van der Waals surface area (Å²) in [5.74, 6) is 1.56. The van der Waals surface area contributed by atoms with Crippen LogP contribution in [0.4, 0.5) is 0 Å². The second kappa shape index (κ2) is 9.76. The zero-order chi connectivity index (χ0) is 25.4. The van der Waals surface area contributed by atoms with Crippen LogP contribution in [-0.2, 0) is 7.05 Å². The molecule has 6 heteroatoms. The van der Waals surface area contributed by atoms with Gasteiger partial charge >= 0.3 is 0 Å². The van der Waals surface area contributed by atoms with Crippen molar-refractivity contribution < 1.29 is 4.68 Å². The molecule has 0 aliphatic carbocycles. The van der Waals surface area contributed by atoms with E-state index in [0.29, 0.717) is 23.7 Å². The maximum atomic E-state index is 4.87. The molecule has 0 amide bonds. The van der Waals surface area contributed by atoms with Gasteiger partial charge < -0.3 is 0 Å². The molecule has 2 aromatic heterocycles. The summed E-state index contributed by atoms with van der Waals surface area (Å²) in [4.78, 5) is 0. The highest BCUT2D eigenvalue weighted by molar-refractivity contribution is 5.55. The molecule has 2 aromatic carbocycles. The van der Waals surface area contributed by atoms with Crippen LogP contribution in [0.2, 0.25) is 0 Å². The molecule has 0 aliphatic rings. The highest BCUT2D eigenvalue weighted by atomic mass is 15.5. The van der Waals surface area contributed by atoms with E-state index in [0.717, 1.165) is 17.1 Å². The van der Waals surface area contributed by atoms with E-state index in [1.165, 1.54) is 27.9 Å². The second-order valence-corrected chi connectivity index (χ2v) is 10.7. The van der Waals surface area contributed by atoms with Gasteiger partial charge in [-0.15, -0.1) is 14.5 Å². The van der Waals surface area contributed by atoms with Gasteiger partial charge in [0.1, 0.15) is 7.05 Å². The molecule has 184 valence electrons. The maximum Gasteiger partial charge on any atom is 0.219 e. The topological polar surface area (TPSA) is 52.4 Å². The van der Waals surface area contributed by atoms with Crippen molar-refractivity contribution in [3.8, 4) is 22.8 Å². The van der Waals surface area contributed by atoms with Crippen LogP contribution in [0.25, 0.3) is 22.8 Å². The molecule has 4 aromatic rings. The Hall–Kier alpha value is -3.28. The van der Waals surface area contributed by atoms with Gasteiger partial charge in [0.15, 0.2) is 17.6 Å². The van der Waals surface area contributed by atoms with Gasteiger partial charge in [0.25, 0.3) is 0 Å². The first kappa shape index (κ1) is 24.8. The van der Waals surface area contributed by atoms with Crippen LogP contribution in [0.3, 0.4) is 0 Å². The summed E-state index contributed by atoms with van der Waals surface area (Å²) in [6.45, 7) is 17.8. The zero-order valence-electron chi connectivity index (χ0n) is 22.6. The van der Waals surface area contributed by atoms with E-state index in [4.69, 9.17) is 5.21 Å². The zero-order valence-corrected chi connectivity index (χ0v) is 22.6. The van der Waals surface area contributed by atoms with Crippen molar-refractivity contribution in [2.45, 2.75) is 79.1 Å². The maximum absolute atomic E-state index is 4.87. The Morgan fingerprint density at radius 3 is 1.69 bits per heavy atom. The Morgan fingerprint density at radius 1 is 0.714 bits per heavy atom. The van der Waals surface area contributed by atoms with Crippen molar-refractivity contribution in [1.29, 1.82) is 0 Å². The van der Waals surface area contributed by atoms with E-state index >= 15 is 0 Å². The van der Waals surface area contributed by atoms with E-state index in [1.807, 2.05) is 27.3 Å². The van der Waals surface area contributed by atoms with E-state index in [9.17, 15) is 0 Å². The van der Waals surface area contributed by atoms with Gasteiger partial charge in [-0.1, -0.05) is 97.0 Å². The van der Waals surface area contributed by atoms with Crippen LogP contribution in [0.1, 0.15) is 101 Å². The average molecular weight is 472 g/mol. The van der Waals surface area contributed by atoms with Crippen molar-refractivity contribution in [3.05, 3.63) is 71.0 Å². The molecule has 4 rings (SSSR count). The molecule has 0 saturated heterocycles. The van der Waals surface area contributed by atoms with Gasteiger partial charge in [0.05, 0.1) is 17.1 Å². The number of benzene rings is 2. The first-order chi connectivity index (χ1) is 16.6. The fourth-order valence-electron chi connectivity index (χ4n) is 4.80. The Morgan fingerprint density at radius 2 is 1.20 bits per heavy atom. The molecule has 6 nitrogen and oxygen atoms in total. The fraction of sp³-hybridized carbons (Fsp3) is 0.448. The van der Waals surface area contributed by atoms with Crippen LogP contribution in [-0.4, -0.2) is 24.9 Å². The summed E-state index contributed by atoms with van der Waals surface area (Å²) >= 11 is 0. The van der Waals surface area contributed by atoms with Crippen molar-refractivity contribution in [2.75, 3.05) is 0 Å². The molecule has 0 saturated carbocycles. The minimum atomic E-state index is 0.386. The largest absolute Gasteiger partial charge is 0.219 e. The SMILES string of the molecule is CC(C)c1cccc(C(C)C)c1-n1cc(-c2c[n+](-c3c(C(C)C)cccc3C(C)C)nn2C)nn1. The summed E-state index contributed by atoms with van der Waals surface area (Å²) in [6.07, 6.45) is 4.12. The molecule has 35 heavy (non-hydrogen) atoms. The average Bonchev–Trinajstić information content (AvgIpc) is 3.44. The van der Waals surface area contributed by atoms with Crippen molar-refractivity contribution in [1.82, 2.24) is 24.9 Å². The summed E-state index contributed by atoms with van der Waals surface area (Å²) < 4.78 is 5.85. The lowest BCUT2D eigenvalue weighted by atomic mass is 9.92. The Bertz CT molecular complexity index is 1270. The molecule has 0 spiro atoms. The monoisotopic (exact) mass is 471 g/mol. The van der Waals surface area contributed by atoms with Crippen molar-refractivity contribution in [2.24, 2.45) is 7.05 Å². The Kier molecular flexibility index (Phi) is 6.93. The summed E-state index contributed by atoms with van der Waals surface area (Å²) in [5.41, 5.74) is 9.18. The van der Waals surface area contributed by atoms with Gasteiger partial charge in [0.2, 0.25) is 5.69 Å². The lowest BCUT2D eigenvalue weighted by molar-refractivity contribution is -0.662. The third-order valence-corrected chi connectivity index (χ3v) is 6.72. The molecular formula is C29H39N6+. The van der Waals surface area contributed by atoms with Crippen LogP contribution in [0.15, 0.2) is 48.8 Å². The van der Waals surface area contributed by atoms with Crippen LogP contribution < -0.4 is 4.68 Å². The van der Waals surface area contributed by atoms with E-state index in [-0.39, 0.29) is 0 Å². The first-order valence-electron chi connectivity index (χ1n) is 12.7. The molecule has 0 aliphatic heterocycles. The minimum Gasteiger partial charge on any atom is -0.219 e. The van der Waals surface area contributed by atoms with E-state index in [1.54, 1.807) is 0 Å². The lowest BCUT2D eigenvalue weighted by Gasteiger charge is -2.18. The fourth-order valence-corrected chi connectivity index (χ4v) is 4.80. The molecule has 0 N–H and O–H groups in total. The number of rotatable bonds is 7. The van der Waals surface area contributed by atoms with E-state index < -0.39 is 0 Å². The molecular weight excluding hydrogens is 432 g/mol. The normalized spacial score (nSPS) is 12.0. The van der Waals surface area contributed by atoms with Crippen LogP contribution >= 0.6 is 0 Å². The second-order valence-electron chi connectivity index (χ2n) is 10.7. The number of aryl methyl sites for hydroxylation is 1. The van der Waals surface area contributed by atoms with Gasteiger partial charge in [0, 0.05) is 11.1 Å². The van der Waals surface area contributed by atoms with Gasteiger partial charge in [-0.3, -0.25) is 0 Å².